The van der Waals surface area contributed by atoms with E-state index in [1.807, 2.05) is 6.08 Å². The summed E-state index contributed by atoms with van der Waals surface area (Å²) in [6.07, 6.45) is 12.7. The molecule has 0 amide bonds. The molecular formula is C21H27NO. The molecule has 0 N–H and O–H groups in total. The van der Waals surface area contributed by atoms with Crippen LogP contribution in [0.3, 0.4) is 0 Å². The van der Waals surface area contributed by atoms with Crippen LogP contribution in [0.25, 0.3) is 0 Å². The van der Waals surface area contributed by atoms with Gasteiger partial charge in [0, 0.05) is 18.5 Å². The van der Waals surface area contributed by atoms with Crippen LogP contribution in [0, 0.1) is 5.92 Å². The van der Waals surface area contributed by atoms with Gasteiger partial charge in [-0.15, -0.1) is 0 Å². The predicted molar refractivity (Wildman–Crippen MR) is 95.4 cm³/mol. The highest BCUT2D eigenvalue weighted by molar-refractivity contribution is 5.98. The third-order valence-corrected chi connectivity index (χ3v) is 5.05. The summed E-state index contributed by atoms with van der Waals surface area (Å²) in [5.74, 6) is 1.11. The lowest BCUT2D eigenvalue weighted by atomic mass is 9.90. The Kier molecular flexibility index (Phi) is 5.82. The zero-order chi connectivity index (χ0) is 15.9. The van der Waals surface area contributed by atoms with Crippen LogP contribution in [-0.2, 0) is 11.2 Å². The lowest BCUT2D eigenvalue weighted by Crippen LogP contribution is -2.35. The Morgan fingerprint density at radius 3 is 2.57 bits per heavy atom. The minimum atomic E-state index is 0.312. The van der Waals surface area contributed by atoms with E-state index in [1.54, 1.807) is 0 Å². The van der Waals surface area contributed by atoms with Crippen molar-refractivity contribution in [3.8, 4) is 0 Å². The van der Waals surface area contributed by atoms with Crippen LogP contribution in [0.5, 0.6) is 0 Å². The summed E-state index contributed by atoms with van der Waals surface area (Å²) < 4.78 is 0. The van der Waals surface area contributed by atoms with Crippen molar-refractivity contribution in [2.75, 3.05) is 19.6 Å². The topological polar surface area (TPSA) is 20.3 Å². The number of allylic oxidation sites excluding steroid dienone is 4. The Morgan fingerprint density at radius 2 is 1.87 bits per heavy atom. The second-order valence-electron chi connectivity index (χ2n) is 6.79. The van der Waals surface area contributed by atoms with Gasteiger partial charge in [0.25, 0.3) is 0 Å². The van der Waals surface area contributed by atoms with Gasteiger partial charge in [-0.25, -0.2) is 0 Å². The maximum absolute atomic E-state index is 12.2. The van der Waals surface area contributed by atoms with E-state index < -0.39 is 0 Å². The Bertz CT molecular complexity index is 565. The number of nitrogens with zero attached hydrogens (tertiary/aromatic N) is 1. The lowest BCUT2D eigenvalue weighted by molar-refractivity contribution is -0.115. The van der Waals surface area contributed by atoms with Crippen LogP contribution in [0.2, 0.25) is 0 Å². The minimum Gasteiger partial charge on any atom is -0.303 e. The first kappa shape index (κ1) is 16.2. The van der Waals surface area contributed by atoms with Crippen molar-refractivity contribution in [3.63, 3.8) is 0 Å². The average molecular weight is 309 g/mol. The highest BCUT2D eigenvalue weighted by Gasteiger charge is 2.20. The molecule has 0 saturated carbocycles. The molecule has 0 unspecified atom stereocenters. The van der Waals surface area contributed by atoms with Crippen LogP contribution < -0.4 is 0 Å². The highest BCUT2D eigenvalue weighted by Crippen LogP contribution is 2.22. The van der Waals surface area contributed by atoms with Gasteiger partial charge < -0.3 is 4.90 Å². The van der Waals surface area contributed by atoms with Crippen molar-refractivity contribution in [3.05, 3.63) is 59.7 Å². The molecule has 0 spiro atoms. The van der Waals surface area contributed by atoms with Crippen LogP contribution in [0.4, 0.5) is 0 Å². The van der Waals surface area contributed by atoms with Crippen molar-refractivity contribution < 1.29 is 4.79 Å². The Hall–Kier alpha value is -1.67. The SMILES string of the molecule is O=C(CCN1CCC(Cc2ccccc2)CC1)C1=CCCC=C1. The van der Waals surface area contributed by atoms with Gasteiger partial charge in [-0.1, -0.05) is 48.6 Å². The number of benzene rings is 1. The van der Waals surface area contributed by atoms with E-state index in [2.05, 4.69) is 47.4 Å². The minimum absolute atomic E-state index is 0.312. The standard InChI is InChI=1S/C21H27NO/c23-21(20-9-5-2-6-10-20)13-16-22-14-11-19(12-15-22)17-18-7-3-1-4-8-18/h1,3-5,7-10,19H,2,6,11-17H2. The number of ketones is 1. The molecule has 1 fully saturated rings. The number of piperidine rings is 1. The van der Waals surface area contributed by atoms with Crippen LogP contribution in [0.15, 0.2) is 54.1 Å². The third kappa shape index (κ3) is 4.90. The Balaban J connectivity index is 1.38. The van der Waals surface area contributed by atoms with Crippen molar-refractivity contribution in [1.82, 2.24) is 4.90 Å². The van der Waals surface area contributed by atoms with Crippen molar-refractivity contribution in [2.45, 2.75) is 38.5 Å². The normalized spacial score (nSPS) is 19.6. The van der Waals surface area contributed by atoms with E-state index in [0.717, 1.165) is 44.0 Å². The van der Waals surface area contributed by atoms with Gasteiger partial charge in [0.15, 0.2) is 5.78 Å². The largest absolute Gasteiger partial charge is 0.303 e. The first-order chi connectivity index (χ1) is 11.3. The summed E-state index contributed by atoms with van der Waals surface area (Å²) in [7, 11) is 0. The molecule has 2 aliphatic rings. The third-order valence-electron chi connectivity index (χ3n) is 5.05. The maximum atomic E-state index is 12.2. The second-order valence-corrected chi connectivity index (χ2v) is 6.79. The molecule has 3 rings (SSSR count). The van der Waals surface area contributed by atoms with Crippen LogP contribution >= 0.6 is 0 Å². The van der Waals surface area contributed by atoms with E-state index in [-0.39, 0.29) is 0 Å². The zero-order valence-electron chi connectivity index (χ0n) is 13.9. The molecule has 1 aromatic carbocycles. The van der Waals surface area contributed by atoms with E-state index in [1.165, 1.54) is 24.8 Å². The van der Waals surface area contributed by atoms with E-state index in [4.69, 9.17) is 0 Å². The summed E-state index contributed by atoms with van der Waals surface area (Å²) in [6.45, 7) is 3.20. The summed E-state index contributed by atoms with van der Waals surface area (Å²) in [4.78, 5) is 14.7. The number of likely N-dealkylation sites (tertiary alicyclic amines) is 1. The molecule has 2 nitrogen and oxygen atoms in total. The van der Waals surface area contributed by atoms with Gasteiger partial charge in [0.1, 0.15) is 0 Å². The fourth-order valence-corrected chi connectivity index (χ4v) is 3.59. The predicted octanol–water partition coefficient (Wildman–Crippen LogP) is 4.18. The summed E-state index contributed by atoms with van der Waals surface area (Å²) in [5, 5.41) is 0. The van der Waals surface area contributed by atoms with Crippen molar-refractivity contribution in [2.24, 2.45) is 5.92 Å². The highest BCUT2D eigenvalue weighted by atomic mass is 16.1. The first-order valence-electron chi connectivity index (χ1n) is 8.97. The van der Waals surface area contributed by atoms with Gasteiger partial charge in [0.05, 0.1) is 0 Å². The smallest absolute Gasteiger partial charge is 0.163 e. The fraction of sp³-hybridized carbons (Fsp3) is 0.476. The summed E-state index contributed by atoms with van der Waals surface area (Å²) in [5.41, 5.74) is 2.38. The van der Waals surface area contributed by atoms with Gasteiger partial charge in [-0.05, 0) is 56.7 Å². The molecule has 1 aromatic rings. The molecule has 1 saturated heterocycles. The number of hydrogen-bond acceptors (Lipinski definition) is 2. The van der Waals surface area contributed by atoms with Gasteiger partial charge in [-0.3, -0.25) is 4.79 Å². The number of hydrogen-bond donors (Lipinski definition) is 0. The monoisotopic (exact) mass is 309 g/mol. The molecule has 0 atom stereocenters. The molecule has 1 heterocycles. The summed E-state index contributed by atoms with van der Waals surface area (Å²) in [6, 6.07) is 10.8. The molecule has 0 aromatic heterocycles. The van der Waals surface area contributed by atoms with Crippen molar-refractivity contribution in [1.29, 1.82) is 0 Å². The summed E-state index contributed by atoms with van der Waals surface area (Å²) >= 11 is 0. The fourth-order valence-electron chi connectivity index (χ4n) is 3.59. The second kappa shape index (κ2) is 8.26. The van der Waals surface area contributed by atoms with Gasteiger partial charge >= 0.3 is 0 Å². The number of rotatable bonds is 6. The molecule has 23 heavy (non-hydrogen) atoms. The molecule has 1 aliphatic heterocycles. The molecule has 1 aliphatic carbocycles. The van der Waals surface area contributed by atoms with Crippen molar-refractivity contribution >= 4 is 5.78 Å². The number of Topliss-reactive ketones (excluding diaryl/α,β-unsaturated/α-hetero) is 1. The molecular weight excluding hydrogens is 282 g/mol. The quantitative estimate of drug-likeness (QED) is 0.786. The zero-order valence-corrected chi connectivity index (χ0v) is 13.9. The first-order valence-corrected chi connectivity index (χ1v) is 8.97. The maximum Gasteiger partial charge on any atom is 0.163 e. The van der Waals surface area contributed by atoms with Gasteiger partial charge in [0.2, 0.25) is 0 Å². The molecule has 0 radical (unpaired) electrons. The molecule has 2 heteroatoms. The average Bonchev–Trinajstić information content (AvgIpc) is 2.62. The molecule has 122 valence electrons. The molecule has 0 bridgehead atoms. The lowest BCUT2D eigenvalue weighted by Gasteiger charge is -2.32. The Morgan fingerprint density at radius 1 is 1.09 bits per heavy atom. The van der Waals surface area contributed by atoms with E-state index in [0.29, 0.717) is 12.2 Å². The van der Waals surface area contributed by atoms with Gasteiger partial charge in [-0.2, -0.15) is 0 Å². The number of carbonyl (C=O) groups is 1. The van der Waals surface area contributed by atoms with E-state index >= 15 is 0 Å². The number of carbonyl (C=O) groups excluding carboxylic acids is 1. The van der Waals surface area contributed by atoms with E-state index in [9.17, 15) is 4.79 Å². The Labute approximate surface area is 139 Å². The van der Waals surface area contributed by atoms with Crippen LogP contribution in [0.1, 0.15) is 37.7 Å². The van der Waals surface area contributed by atoms with Crippen LogP contribution in [-0.4, -0.2) is 30.3 Å².